The zero-order chi connectivity index (χ0) is 20.9. The van der Waals surface area contributed by atoms with Crippen LogP contribution in [-0.2, 0) is 30.4 Å². The summed E-state index contributed by atoms with van der Waals surface area (Å²) in [6.45, 7) is 4.95. The van der Waals surface area contributed by atoms with Crippen LogP contribution in [0, 0.1) is 0 Å². The first-order valence-corrected chi connectivity index (χ1v) is 9.04. The molecule has 8 heteroatoms. The highest BCUT2D eigenvalue weighted by atomic mass is 16.6. The molecule has 28 heavy (non-hydrogen) atoms. The van der Waals surface area contributed by atoms with E-state index in [2.05, 4.69) is 0 Å². The van der Waals surface area contributed by atoms with Gasteiger partial charge in [0.15, 0.2) is 5.54 Å². The molecular weight excluding hydrogens is 366 g/mol. The summed E-state index contributed by atoms with van der Waals surface area (Å²) in [5.41, 5.74) is -1.67. The van der Waals surface area contributed by atoms with E-state index in [0.29, 0.717) is 0 Å². The molecule has 0 saturated carbocycles. The second-order valence-corrected chi connectivity index (χ2v) is 7.80. The van der Waals surface area contributed by atoms with Crippen molar-refractivity contribution < 1.29 is 33.7 Å². The molecule has 1 N–H and O–H groups in total. The van der Waals surface area contributed by atoms with Gasteiger partial charge in [0, 0.05) is 6.42 Å². The summed E-state index contributed by atoms with van der Waals surface area (Å²) in [6, 6.07) is 9.04. The number of aliphatic hydroxyl groups is 1. The van der Waals surface area contributed by atoms with Gasteiger partial charge in [0.1, 0.15) is 12.2 Å². The van der Waals surface area contributed by atoms with Gasteiger partial charge in [-0.05, 0) is 26.3 Å². The monoisotopic (exact) mass is 393 g/mol. The molecule has 8 nitrogen and oxygen atoms in total. The average Bonchev–Trinajstić information content (AvgIpc) is 2.95. The molecule has 0 spiro atoms. The standard InChI is InChI=1S/C20H27NO7/c1-19(2,3)28-16(23)11-20(17(24)26-4)10-15(22)12-21(20)18(25)27-13-14-8-6-5-7-9-14/h5-9,15,22H,10-13H2,1-4H3/t15-,20?/m1/s1. The van der Waals surface area contributed by atoms with Gasteiger partial charge in [0.2, 0.25) is 0 Å². The summed E-state index contributed by atoms with van der Waals surface area (Å²) in [5, 5.41) is 10.1. The quantitative estimate of drug-likeness (QED) is 0.603. The van der Waals surface area contributed by atoms with E-state index in [1.165, 1.54) is 0 Å². The first-order valence-electron chi connectivity index (χ1n) is 9.04. The second-order valence-electron chi connectivity index (χ2n) is 7.80. The van der Waals surface area contributed by atoms with Gasteiger partial charge in [-0.3, -0.25) is 9.69 Å². The maximum Gasteiger partial charge on any atom is 0.411 e. The summed E-state index contributed by atoms with van der Waals surface area (Å²) in [4.78, 5) is 38.8. The Balaban J connectivity index is 2.21. The molecule has 0 aromatic heterocycles. The number of amides is 1. The van der Waals surface area contributed by atoms with E-state index in [-0.39, 0.29) is 19.6 Å². The number of carbonyl (C=O) groups is 3. The third kappa shape index (κ3) is 5.22. The number of methoxy groups -OCH3 is 1. The second kappa shape index (κ2) is 8.60. The number of carbonyl (C=O) groups excluding carboxylic acids is 3. The minimum Gasteiger partial charge on any atom is -0.467 e. The van der Waals surface area contributed by atoms with Crippen molar-refractivity contribution in [1.29, 1.82) is 0 Å². The van der Waals surface area contributed by atoms with Crippen molar-refractivity contribution in [2.45, 2.75) is 57.5 Å². The number of ether oxygens (including phenoxy) is 3. The van der Waals surface area contributed by atoms with E-state index in [1.54, 1.807) is 32.9 Å². The Labute approximate surface area is 164 Å². The SMILES string of the molecule is COC(=O)C1(CC(=O)OC(C)(C)C)C[C@@H](O)CN1C(=O)OCc1ccccc1. The summed E-state index contributed by atoms with van der Waals surface area (Å²) < 4.78 is 15.5. The van der Waals surface area contributed by atoms with E-state index in [1.807, 2.05) is 18.2 Å². The molecule has 0 aliphatic carbocycles. The van der Waals surface area contributed by atoms with Gasteiger partial charge in [0.25, 0.3) is 0 Å². The van der Waals surface area contributed by atoms with Crippen LogP contribution in [0.1, 0.15) is 39.2 Å². The lowest BCUT2D eigenvalue weighted by Crippen LogP contribution is -2.55. The highest BCUT2D eigenvalue weighted by molar-refractivity contribution is 5.91. The molecule has 1 amide bonds. The lowest BCUT2D eigenvalue weighted by atomic mass is 9.91. The molecule has 2 rings (SSSR count). The van der Waals surface area contributed by atoms with Crippen LogP contribution in [0.4, 0.5) is 4.79 Å². The summed E-state index contributed by atoms with van der Waals surface area (Å²) in [5.74, 6) is -1.47. The van der Waals surface area contributed by atoms with Crippen LogP contribution < -0.4 is 0 Å². The molecule has 2 atom stereocenters. The van der Waals surface area contributed by atoms with Gasteiger partial charge < -0.3 is 19.3 Å². The van der Waals surface area contributed by atoms with Crippen LogP contribution in [-0.4, -0.2) is 58.9 Å². The largest absolute Gasteiger partial charge is 0.467 e. The maximum atomic E-state index is 12.7. The van der Waals surface area contributed by atoms with Crippen LogP contribution in [0.25, 0.3) is 0 Å². The smallest absolute Gasteiger partial charge is 0.411 e. The molecule has 1 aromatic rings. The van der Waals surface area contributed by atoms with Crippen molar-refractivity contribution in [1.82, 2.24) is 4.90 Å². The number of hydrogen-bond donors (Lipinski definition) is 1. The number of esters is 2. The minimum atomic E-state index is -1.68. The fourth-order valence-electron chi connectivity index (χ4n) is 3.24. The molecule has 1 aliphatic heterocycles. The molecular formula is C20H27NO7. The maximum absolute atomic E-state index is 12.7. The molecule has 154 valence electrons. The highest BCUT2D eigenvalue weighted by Crippen LogP contribution is 2.35. The first-order chi connectivity index (χ1) is 13.1. The highest BCUT2D eigenvalue weighted by Gasteiger charge is 2.56. The number of hydrogen-bond acceptors (Lipinski definition) is 7. The predicted octanol–water partition coefficient (Wildman–Crippen LogP) is 2.03. The van der Waals surface area contributed by atoms with Crippen molar-refractivity contribution in [2.24, 2.45) is 0 Å². The molecule has 0 bridgehead atoms. The Morgan fingerprint density at radius 3 is 2.43 bits per heavy atom. The van der Waals surface area contributed by atoms with Crippen molar-refractivity contribution in [3.63, 3.8) is 0 Å². The molecule has 1 fully saturated rings. The molecule has 0 radical (unpaired) electrons. The Bertz CT molecular complexity index is 713. The van der Waals surface area contributed by atoms with Gasteiger partial charge in [-0.2, -0.15) is 0 Å². The average molecular weight is 393 g/mol. The number of benzene rings is 1. The van der Waals surface area contributed by atoms with E-state index < -0.39 is 41.7 Å². The Hall–Kier alpha value is -2.61. The Kier molecular flexibility index (Phi) is 6.66. The van der Waals surface area contributed by atoms with Crippen LogP contribution in [0.3, 0.4) is 0 Å². The predicted molar refractivity (Wildman–Crippen MR) is 99.2 cm³/mol. The fraction of sp³-hybridized carbons (Fsp3) is 0.550. The van der Waals surface area contributed by atoms with Crippen LogP contribution in [0.15, 0.2) is 30.3 Å². The normalized spacial score (nSPS) is 21.9. The van der Waals surface area contributed by atoms with Gasteiger partial charge in [-0.15, -0.1) is 0 Å². The summed E-state index contributed by atoms with van der Waals surface area (Å²) in [7, 11) is 1.16. The lowest BCUT2D eigenvalue weighted by molar-refractivity contribution is -0.166. The van der Waals surface area contributed by atoms with Gasteiger partial charge in [-0.25, -0.2) is 9.59 Å². The van der Waals surface area contributed by atoms with E-state index in [9.17, 15) is 19.5 Å². The van der Waals surface area contributed by atoms with Crippen molar-refractivity contribution >= 4 is 18.0 Å². The molecule has 1 aliphatic rings. The van der Waals surface area contributed by atoms with Crippen LogP contribution in [0.2, 0.25) is 0 Å². The topological polar surface area (TPSA) is 102 Å². The zero-order valence-electron chi connectivity index (χ0n) is 16.6. The van der Waals surface area contributed by atoms with Crippen molar-refractivity contribution in [3.8, 4) is 0 Å². The van der Waals surface area contributed by atoms with Crippen LogP contribution in [0.5, 0.6) is 0 Å². The molecule has 1 unspecified atom stereocenters. The number of rotatable bonds is 5. The van der Waals surface area contributed by atoms with Gasteiger partial charge in [0.05, 0.1) is 26.2 Å². The van der Waals surface area contributed by atoms with E-state index in [4.69, 9.17) is 14.2 Å². The Morgan fingerprint density at radius 1 is 1.21 bits per heavy atom. The number of likely N-dealkylation sites (tertiary alicyclic amines) is 1. The van der Waals surface area contributed by atoms with Gasteiger partial charge in [-0.1, -0.05) is 30.3 Å². The zero-order valence-corrected chi connectivity index (χ0v) is 16.6. The van der Waals surface area contributed by atoms with E-state index in [0.717, 1.165) is 17.6 Å². The summed E-state index contributed by atoms with van der Waals surface area (Å²) >= 11 is 0. The Morgan fingerprint density at radius 2 is 1.86 bits per heavy atom. The number of nitrogens with zero attached hydrogens (tertiary/aromatic N) is 1. The van der Waals surface area contributed by atoms with Gasteiger partial charge >= 0.3 is 18.0 Å². The summed E-state index contributed by atoms with van der Waals surface area (Å²) in [6.07, 6.45) is -2.38. The number of β-amino-alcohol motifs (C(OH)–C–C–N with tert-alkyl or cyclic N) is 1. The third-order valence-corrected chi connectivity index (χ3v) is 4.33. The van der Waals surface area contributed by atoms with E-state index >= 15 is 0 Å². The first kappa shape index (κ1) is 21.7. The van der Waals surface area contributed by atoms with Crippen LogP contribution >= 0.6 is 0 Å². The molecule has 1 heterocycles. The molecule has 1 aromatic carbocycles. The van der Waals surface area contributed by atoms with Crippen molar-refractivity contribution in [2.75, 3.05) is 13.7 Å². The fourth-order valence-corrected chi connectivity index (χ4v) is 3.24. The lowest BCUT2D eigenvalue weighted by Gasteiger charge is -2.34. The molecule has 1 saturated heterocycles. The third-order valence-electron chi connectivity index (χ3n) is 4.33. The minimum absolute atomic E-state index is 0.00401. The number of aliphatic hydroxyl groups excluding tert-OH is 1. The van der Waals surface area contributed by atoms with Crippen molar-refractivity contribution in [3.05, 3.63) is 35.9 Å².